The molecule has 4 aromatic rings. The summed E-state index contributed by atoms with van der Waals surface area (Å²) in [6, 6.07) is 28.7. The molecular weight excluding hydrogens is 456 g/mol. The Morgan fingerprint density at radius 3 is 2.34 bits per heavy atom. The molecule has 0 saturated carbocycles. The molecule has 4 rings (SSSR count). The third-order valence-electron chi connectivity index (χ3n) is 5.82. The van der Waals surface area contributed by atoms with Gasteiger partial charge in [-0.15, -0.1) is 0 Å². The summed E-state index contributed by atoms with van der Waals surface area (Å²) in [5.74, 6) is 1.75. The molecule has 0 unspecified atom stereocenters. The van der Waals surface area contributed by atoms with Crippen molar-refractivity contribution in [2.75, 3.05) is 32.1 Å². The Morgan fingerprint density at radius 1 is 1.00 bits per heavy atom. The molecule has 7 heteroatoms. The molecule has 0 aliphatic carbocycles. The molecule has 0 saturated heterocycles. The van der Waals surface area contributed by atoms with Gasteiger partial charge in [0, 0.05) is 37.5 Å². The number of nitrogens with one attached hydrogen (secondary N) is 1. The second-order valence-corrected chi connectivity index (χ2v) is 9.12. The van der Waals surface area contributed by atoms with Crippen LogP contribution in [-0.2, 0) is 11.2 Å². The minimum absolute atomic E-state index is 0.0306. The summed E-state index contributed by atoms with van der Waals surface area (Å²) in [4.78, 5) is 19.1. The Kier molecular flexibility index (Phi) is 8.46. The molecule has 35 heavy (non-hydrogen) atoms. The van der Waals surface area contributed by atoms with Gasteiger partial charge in [-0.05, 0) is 35.2 Å². The van der Waals surface area contributed by atoms with E-state index in [-0.39, 0.29) is 18.4 Å². The molecule has 6 nitrogen and oxygen atoms in total. The average molecular weight is 487 g/mol. The maximum atomic E-state index is 12.6. The van der Waals surface area contributed by atoms with Crippen LogP contribution in [-0.4, -0.2) is 42.5 Å². The average Bonchev–Trinajstić information content (AvgIpc) is 3.36. The first-order chi connectivity index (χ1) is 17.1. The highest BCUT2D eigenvalue weighted by molar-refractivity contribution is 7.09. The third-order valence-corrected chi connectivity index (χ3v) is 6.69. The Morgan fingerprint density at radius 2 is 1.69 bits per heavy atom. The first-order valence-electron chi connectivity index (χ1n) is 11.7. The van der Waals surface area contributed by atoms with E-state index in [0.29, 0.717) is 13.0 Å². The highest BCUT2D eigenvalue weighted by Crippen LogP contribution is 2.27. The Balaban J connectivity index is 1.29. The Labute approximate surface area is 210 Å². The van der Waals surface area contributed by atoms with Gasteiger partial charge in [-0.25, -0.2) is 4.98 Å². The summed E-state index contributed by atoms with van der Waals surface area (Å²) in [5.41, 5.74) is 3.59. The largest absolute Gasteiger partial charge is 0.497 e. The number of aromatic nitrogens is 2. The van der Waals surface area contributed by atoms with Crippen molar-refractivity contribution >= 4 is 22.6 Å². The van der Waals surface area contributed by atoms with Crippen molar-refractivity contribution in [2.45, 2.75) is 18.8 Å². The van der Waals surface area contributed by atoms with Crippen LogP contribution >= 0.6 is 11.5 Å². The molecule has 1 N–H and O–H groups in total. The second kappa shape index (κ2) is 12.1. The van der Waals surface area contributed by atoms with E-state index in [1.807, 2.05) is 48.3 Å². The fraction of sp³-hybridized carbons (Fsp3) is 0.250. The number of likely N-dealkylation sites (N-methyl/N-ethyl adjacent to an activating group) is 1. The monoisotopic (exact) mass is 486 g/mol. The molecule has 0 radical (unpaired) electrons. The maximum absolute atomic E-state index is 12.6. The molecule has 0 aliphatic heterocycles. The van der Waals surface area contributed by atoms with Gasteiger partial charge in [0.2, 0.25) is 11.0 Å². The standard InChI is InChI=1S/C28H30N4O2S/c1-32(28-30-26(31-35-28)19-21-10-9-15-24(18-21)34-2)20-27(33)29-17-16-25(22-11-5-3-6-12-22)23-13-7-4-8-14-23/h3-15,18,25H,16-17,19-20H2,1-2H3,(H,29,33). The summed E-state index contributed by atoms with van der Waals surface area (Å²) in [7, 11) is 3.52. The summed E-state index contributed by atoms with van der Waals surface area (Å²) in [6.07, 6.45) is 1.45. The third kappa shape index (κ3) is 6.90. The number of hydrogen-bond acceptors (Lipinski definition) is 6. The van der Waals surface area contributed by atoms with Crippen LogP contribution in [0.2, 0.25) is 0 Å². The molecule has 3 aromatic carbocycles. The summed E-state index contributed by atoms with van der Waals surface area (Å²) >= 11 is 1.31. The Hall–Kier alpha value is -3.71. The number of carbonyl (C=O) groups is 1. The first kappa shape index (κ1) is 24.4. The first-order valence-corrected chi connectivity index (χ1v) is 12.4. The lowest BCUT2D eigenvalue weighted by Gasteiger charge is -2.19. The van der Waals surface area contributed by atoms with Gasteiger partial charge >= 0.3 is 0 Å². The topological polar surface area (TPSA) is 67.3 Å². The molecule has 0 atom stereocenters. The van der Waals surface area contributed by atoms with E-state index in [9.17, 15) is 4.79 Å². The van der Waals surface area contributed by atoms with E-state index in [1.165, 1.54) is 22.7 Å². The highest BCUT2D eigenvalue weighted by atomic mass is 32.1. The van der Waals surface area contributed by atoms with Crippen molar-refractivity contribution in [1.29, 1.82) is 0 Å². The van der Waals surface area contributed by atoms with Gasteiger partial charge in [-0.1, -0.05) is 72.8 Å². The molecule has 0 fully saturated rings. The maximum Gasteiger partial charge on any atom is 0.239 e. The van der Waals surface area contributed by atoms with Crippen molar-refractivity contribution in [3.05, 3.63) is 107 Å². The van der Waals surface area contributed by atoms with Crippen molar-refractivity contribution in [3.63, 3.8) is 0 Å². The van der Waals surface area contributed by atoms with Crippen LogP contribution in [0.5, 0.6) is 5.75 Å². The van der Waals surface area contributed by atoms with Crippen LogP contribution in [0.3, 0.4) is 0 Å². The van der Waals surface area contributed by atoms with Gasteiger partial charge < -0.3 is 15.0 Å². The van der Waals surface area contributed by atoms with Gasteiger partial charge in [-0.3, -0.25) is 4.79 Å². The van der Waals surface area contributed by atoms with Gasteiger partial charge in [0.05, 0.1) is 13.7 Å². The highest BCUT2D eigenvalue weighted by Gasteiger charge is 2.16. The van der Waals surface area contributed by atoms with Gasteiger partial charge in [0.15, 0.2) is 0 Å². The number of hydrogen-bond donors (Lipinski definition) is 1. The quantitative estimate of drug-likeness (QED) is 0.326. The number of benzene rings is 3. The number of rotatable bonds is 11. The number of ether oxygens (including phenoxy) is 1. The molecular formula is C28H30N4O2S. The molecule has 1 heterocycles. The van der Waals surface area contributed by atoms with Crippen LogP contribution in [0.4, 0.5) is 5.13 Å². The molecule has 0 aliphatic rings. The predicted octanol–water partition coefficient (Wildman–Crippen LogP) is 4.91. The van der Waals surface area contributed by atoms with Crippen LogP contribution in [0.1, 0.15) is 34.9 Å². The lowest BCUT2D eigenvalue weighted by molar-refractivity contribution is -0.119. The smallest absolute Gasteiger partial charge is 0.239 e. The van der Waals surface area contributed by atoms with Gasteiger partial charge in [0.1, 0.15) is 11.6 Å². The second-order valence-electron chi connectivity index (χ2n) is 8.39. The SMILES string of the molecule is COc1cccc(Cc2nsc(N(C)CC(=O)NCCC(c3ccccc3)c3ccccc3)n2)c1. The lowest BCUT2D eigenvalue weighted by atomic mass is 9.88. The lowest BCUT2D eigenvalue weighted by Crippen LogP contribution is -2.36. The zero-order valence-electron chi connectivity index (χ0n) is 20.1. The number of anilines is 1. The summed E-state index contributed by atoms with van der Waals surface area (Å²) in [5, 5.41) is 3.80. The van der Waals surface area contributed by atoms with E-state index < -0.39 is 0 Å². The van der Waals surface area contributed by atoms with E-state index in [1.54, 1.807) is 7.11 Å². The van der Waals surface area contributed by atoms with Crippen molar-refractivity contribution in [1.82, 2.24) is 14.7 Å². The number of amides is 1. The fourth-order valence-corrected chi connectivity index (χ4v) is 4.67. The zero-order valence-corrected chi connectivity index (χ0v) is 20.9. The molecule has 0 spiro atoms. The summed E-state index contributed by atoms with van der Waals surface area (Å²) in [6.45, 7) is 0.827. The molecule has 180 valence electrons. The molecule has 0 bridgehead atoms. The minimum atomic E-state index is -0.0306. The van der Waals surface area contributed by atoms with Crippen molar-refractivity contribution < 1.29 is 9.53 Å². The number of carbonyl (C=O) groups excluding carboxylic acids is 1. The fourth-order valence-electron chi connectivity index (χ4n) is 4.03. The van der Waals surface area contributed by atoms with Crippen LogP contribution in [0.25, 0.3) is 0 Å². The van der Waals surface area contributed by atoms with Crippen LogP contribution in [0.15, 0.2) is 84.9 Å². The molecule has 1 amide bonds. The van der Waals surface area contributed by atoms with E-state index in [2.05, 4.69) is 63.2 Å². The normalized spacial score (nSPS) is 10.8. The van der Waals surface area contributed by atoms with Gasteiger partial charge in [0.25, 0.3) is 0 Å². The predicted molar refractivity (Wildman–Crippen MR) is 141 cm³/mol. The van der Waals surface area contributed by atoms with E-state index >= 15 is 0 Å². The van der Waals surface area contributed by atoms with Crippen molar-refractivity contribution in [3.8, 4) is 5.75 Å². The number of methoxy groups -OCH3 is 1. The summed E-state index contributed by atoms with van der Waals surface area (Å²) < 4.78 is 9.75. The number of nitrogens with zero attached hydrogens (tertiary/aromatic N) is 3. The van der Waals surface area contributed by atoms with Crippen LogP contribution < -0.4 is 15.0 Å². The van der Waals surface area contributed by atoms with E-state index in [0.717, 1.165) is 28.7 Å². The Bertz CT molecular complexity index is 1170. The van der Waals surface area contributed by atoms with E-state index in [4.69, 9.17) is 4.74 Å². The minimum Gasteiger partial charge on any atom is -0.497 e. The molecule has 1 aromatic heterocycles. The zero-order chi connectivity index (χ0) is 24.5. The van der Waals surface area contributed by atoms with Crippen LogP contribution in [0, 0.1) is 0 Å². The van der Waals surface area contributed by atoms with Gasteiger partial charge in [-0.2, -0.15) is 4.37 Å². The van der Waals surface area contributed by atoms with Crippen molar-refractivity contribution in [2.24, 2.45) is 0 Å².